The van der Waals surface area contributed by atoms with Gasteiger partial charge in [0.05, 0.1) is 17.4 Å². The molecule has 3 heterocycles. The minimum Gasteiger partial charge on any atom is -0.291 e. The molecule has 1 saturated heterocycles. The van der Waals surface area contributed by atoms with Crippen LogP contribution in [0.15, 0.2) is 18.3 Å². The fourth-order valence-corrected chi connectivity index (χ4v) is 3.65. The molecule has 0 saturated carbocycles. The molecule has 0 spiro atoms. The van der Waals surface area contributed by atoms with Gasteiger partial charge in [0.1, 0.15) is 5.82 Å². The normalized spacial score (nSPS) is 19.4. The molecule has 24 heavy (non-hydrogen) atoms. The summed E-state index contributed by atoms with van der Waals surface area (Å²) in [6, 6.07) is 5.28. The molecule has 3 rings (SSSR count). The first-order chi connectivity index (χ1) is 11.5. The number of rotatable bonds is 4. The van der Waals surface area contributed by atoms with Crippen LogP contribution >= 0.6 is 0 Å². The molecule has 5 nitrogen and oxygen atoms in total. The molecule has 2 aromatic heterocycles. The lowest BCUT2D eigenvalue weighted by atomic mass is 9.99. The standard InChI is InChI=1S/C19H29N5/c1-13(2)23-11-7-6-8-18(23)19-21-15(5)12-16(22-19)17-9-10-20-24(17)14(3)4/h9-10,12-14,18H,6-8,11H2,1-5H3/t18-/m1/s1. The van der Waals surface area contributed by atoms with E-state index in [0.29, 0.717) is 18.1 Å². The van der Waals surface area contributed by atoms with Gasteiger partial charge in [0.2, 0.25) is 0 Å². The van der Waals surface area contributed by atoms with Crippen molar-refractivity contribution in [1.82, 2.24) is 24.6 Å². The van der Waals surface area contributed by atoms with Crippen molar-refractivity contribution in [3.05, 3.63) is 29.8 Å². The number of likely N-dealkylation sites (tertiary alicyclic amines) is 1. The molecule has 2 aromatic rings. The van der Waals surface area contributed by atoms with Gasteiger partial charge < -0.3 is 0 Å². The van der Waals surface area contributed by atoms with E-state index in [1.165, 1.54) is 12.8 Å². The number of piperidine rings is 1. The highest BCUT2D eigenvalue weighted by Crippen LogP contribution is 2.32. The van der Waals surface area contributed by atoms with E-state index in [9.17, 15) is 0 Å². The first-order valence-corrected chi connectivity index (χ1v) is 9.12. The maximum atomic E-state index is 4.96. The topological polar surface area (TPSA) is 46.8 Å². The summed E-state index contributed by atoms with van der Waals surface area (Å²) in [6.07, 6.45) is 5.52. The van der Waals surface area contributed by atoms with Crippen molar-refractivity contribution in [2.75, 3.05) is 6.54 Å². The van der Waals surface area contributed by atoms with Crippen molar-refractivity contribution >= 4 is 0 Å². The Morgan fingerprint density at radius 3 is 2.58 bits per heavy atom. The lowest BCUT2D eigenvalue weighted by Crippen LogP contribution is -2.39. The molecule has 130 valence electrons. The van der Waals surface area contributed by atoms with E-state index in [1.54, 1.807) is 0 Å². The number of aryl methyl sites for hydroxylation is 1. The SMILES string of the molecule is Cc1cc(-c2ccnn2C(C)C)nc([C@H]2CCCCN2C(C)C)n1. The van der Waals surface area contributed by atoms with Gasteiger partial charge >= 0.3 is 0 Å². The zero-order chi connectivity index (χ0) is 17.3. The highest BCUT2D eigenvalue weighted by atomic mass is 15.3. The molecule has 0 bridgehead atoms. The van der Waals surface area contributed by atoms with Crippen molar-refractivity contribution in [2.24, 2.45) is 0 Å². The van der Waals surface area contributed by atoms with Crippen LogP contribution in [-0.2, 0) is 0 Å². The number of nitrogens with zero attached hydrogens (tertiary/aromatic N) is 5. The van der Waals surface area contributed by atoms with Crippen LogP contribution in [0.3, 0.4) is 0 Å². The minimum absolute atomic E-state index is 0.315. The summed E-state index contributed by atoms with van der Waals surface area (Å²) in [4.78, 5) is 12.3. The van der Waals surface area contributed by atoms with Crippen molar-refractivity contribution in [2.45, 2.75) is 72.0 Å². The fourth-order valence-electron chi connectivity index (χ4n) is 3.65. The van der Waals surface area contributed by atoms with Crippen molar-refractivity contribution in [1.29, 1.82) is 0 Å². The second kappa shape index (κ2) is 7.01. The summed E-state index contributed by atoms with van der Waals surface area (Å²) in [5.41, 5.74) is 3.09. The maximum absolute atomic E-state index is 4.96. The molecule has 1 atom stereocenters. The van der Waals surface area contributed by atoms with E-state index in [-0.39, 0.29) is 0 Å². The van der Waals surface area contributed by atoms with E-state index in [2.05, 4.69) is 50.7 Å². The van der Waals surface area contributed by atoms with Crippen LogP contribution in [0.2, 0.25) is 0 Å². The molecule has 1 fully saturated rings. The zero-order valence-electron chi connectivity index (χ0n) is 15.5. The third-order valence-electron chi connectivity index (χ3n) is 4.80. The summed E-state index contributed by atoms with van der Waals surface area (Å²) < 4.78 is 2.03. The van der Waals surface area contributed by atoms with Crippen LogP contribution in [0.25, 0.3) is 11.4 Å². The third kappa shape index (κ3) is 3.36. The average molecular weight is 327 g/mol. The molecular formula is C19H29N5. The first kappa shape index (κ1) is 17.1. The van der Waals surface area contributed by atoms with Gasteiger partial charge in [-0.3, -0.25) is 9.58 Å². The summed E-state index contributed by atoms with van der Waals surface area (Å²) in [5, 5.41) is 4.45. The van der Waals surface area contributed by atoms with Gasteiger partial charge in [0.15, 0.2) is 0 Å². The second-order valence-corrected chi connectivity index (χ2v) is 7.35. The Kier molecular flexibility index (Phi) is 4.99. The second-order valence-electron chi connectivity index (χ2n) is 7.35. The highest BCUT2D eigenvalue weighted by molar-refractivity contribution is 5.54. The highest BCUT2D eigenvalue weighted by Gasteiger charge is 2.28. The van der Waals surface area contributed by atoms with Gasteiger partial charge in [-0.2, -0.15) is 5.10 Å². The van der Waals surface area contributed by atoms with E-state index in [0.717, 1.165) is 35.9 Å². The molecule has 1 aliphatic heterocycles. The van der Waals surface area contributed by atoms with E-state index in [4.69, 9.17) is 9.97 Å². The molecule has 0 aromatic carbocycles. The fraction of sp³-hybridized carbons (Fsp3) is 0.632. The number of hydrogen-bond donors (Lipinski definition) is 0. The van der Waals surface area contributed by atoms with Gasteiger partial charge in [-0.05, 0) is 66.1 Å². The molecule has 0 unspecified atom stereocenters. The van der Waals surface area contributed by atoms with Crippen molar-refractivity contribution in [3.63, 3.8) is 0 Å². The Hall–Kier alpha value is -1.75. The molecule has 0 amide bonds. The quantitative estimate of drug-likeness (QED) is 0.846. The zero-order valence-corrected chi connectivity index (χ0v) is 15.5. The van der Waals surface area contributed by atoms with Crippen LogP contribution in [0.1, 0.15) is 70.6 Å². The molecule has 0 N–H and O–H groups in total. The van der Waals surface area contributed by atoms with Crippen LogP contribution in [-0.4, -0.2) is 37.2 Å². The Morgan fingerprint density at radius 2 is 1.88 bits per heavy atom. The van der Waals surface area contributed by atoms with Crippen LogP contribution in [0.5, 0.6) is 0 Å². The summed E-state index contributed by atoms with van der Waals surface area (Å²) in [5.74, 6) is 0.968. The van der Waals surface area contributed by atoms with E-state index in [1.807, 2.05) is 16.9 Å². The van der Waals surface area contributed by atoms with Gasteiger partial charge in [0.25, 0.3) is 0 Å². The van der Waals surface area contributed by atoms with E-state index < -0.39 is 0 Å². The van der Waals surface area contributed by atoms with Gasteiger partial charge in [-0.15, -0.1) is 0 Å². The molecule has 5 heteroatoms. The minimum atomic E-state index is 0.315. The van der Waals surface area contributed by atoms with E-state index >= 15 is 0 Å². The lowest BCUT2D eigenvalue weighted by Gasteiger charge is -2.37. The van der Waals surface area contributed by atoms with Crippen LogP contribution < -0.4 is 0 Å². The van der Waals surface area contributed by atoms with Gasteiger partial charge in [-0.1, -0.05) is 6.42 Å². The Bertz CT molecular complexity index is 689. The summed E-state index contributed by atoms with van der Waals surface area (Å²) in [7, 11) is 0. The van der Waals surface area contributed by atoms with Gasteiger partial charge in [-0.25, -0.2) is 9.97 Å². The molecule has 1 aliphatic rings. The Morgan fingerprint density at radius 1 is 1.08 bits per heavy atom. The number of aromatic nitrogens is 4. The van der Waals surface area contributed by atoms with Crippen molar-refractivity contribution < 1.29 is 0 Å². The number of hydrogen-bond acceptors (Lipinski definition) is 4. The van der Waals surface area contributed by atoms with Crippen LogP contribution in [0.4, 0.5) is 0 Å². The summed E-state index contributed by atoms with van der Waals surface area (Å²) >= 11 is 0. The average Bonchev–Trinajstić information content (AvgIpc) is 3.04. The Balaban J connectivity index is 2.01. The van der Waals surface area contributed by atoms with Gasteiger partial charge in [0, 0.05) is 24.0 Å². The molecule has 0 aliphatic carbocycles. The maximum Gasteiger partial charge on any atom is 0.146 e. The Labute approximate surface area is 145 Å². The first-order valence-electron chi connectivity index (χ1n) is 9.12. The molecule has 0 radical (unpaired) electrons. The summed E-state index contributed by atoms with van der Waals surface area (Å²) in [6.45, 7) is 12.0. The predicted octanol–water partition coefficient (Wildman–Crippen LogP) is 4.16. The smallest absolute Gasteiger partial charge is 0.146 e. The monoisotopic (exact) mass is 327 g/mol. The van der Waals surface area contributed by atoms with Crippen LogP contribution in [0, 0.1) is 6.92 Å². The largest absolute Gasteiger partial charge is 0.291 e. The molecular weight excluding hydrogens is 298 g/mol. The lowest BCUT2D eigenvalue weighted by molar-refractivity contribution is 0.106. The van der Waals surface area contributed by atoms with Crippen molar-refractivity contribution in [3.8, 4) is 11.4 Å². The third-order valence-corrected chi connectivity index (χ3v) is 4.80. The predicted molar refractivity (Wildman–Crippen MR) is 96.8 cm³/mol.